The van der Waals surface area contributed by atoms with Crippen LogP contribution in [0.2, 0.25) is 0 Å². The van der Waals surface area contributed by atoms with E-state index in [-0.39, 0.29) is 5.91 Å². The van der Waals surface area contributed by atoms with Gasteiger partial charge in [0.05, 0.1) is 5.69 Å². The number of carbonyl (C=O) groups excluding carboxylic acids is 1. The fraction of sp³-hybridized carbons (Fsp3) is 0.375. The van der Waals surface area contributed by atoms with Gasteiger partial charge in [-0.15, -0.1) is 0 Å². The van der Waals surface area contributed by atoms with Gasteiger partial charge in [0.2, 0.25) is 0 Å². The minimum atomic E-state index is -0.113. The van der Waals surface area contributed by atoms with Gasteiger partial charge in [0.1, 0.15) is 12.4 Å². The molecule has 0 bridgehead atoms. The maximum Gasteiger partial charge on any atom is 0.274 e. The lowest BCUT2D eigenvalue weighted by Crippen LogP contribution is -2.27. The molecular weight excluding hydrogens is 306 g/mol. The van der Waals surface area contributed by atoms with Crippen molar-refractivity contribution in [3.63, 3.8) is 0 Å². The first kappa shape index (κ1) is 16.0. The molecule has 0 radical (unpaired) electrons. The summed E-state index contributed by atoms with van der Waals surface area (Å²) in [6.45, 7) is 5.80. The van der Waals surface area contributed by atoms with Crippen LogP contribution in [0.15, 0.2) is 36.9 Å². The molecule has 0 aliphatic heterocycles. The average molecular weight is 327 g/mol. The van der Waals surface area contributed by atoms with Crippen molar-refractivity contribution in [3.8, 4) is 0 Å². The smallest absolute Gasteiger partial charge is 0.274 e. The number of nitrogens with zero attached hydrogens (tertiary/aromatic N) is 7. The Balaban J connectivity index is 1.67. The highest BCUT2D eigenvalue weighted by Gasteiger charge is 2.17. The van der Waals surface area contributed by atoms with Crippen molar-refractivity contribution in [2.75, 3.05) is 7.05 Å². The van der Waals surface area contributed by atoms with Crippen LogP contribution in [0, 0.1) is 6.92 Å². The largest absolute Gasteiger partial charge is 0.336 e. The summed E-state index contributed by atoms with van der Waals surface area (Å²) in [4.78, 5) is 14.2. The number of carbonyl (C=O) groups is 1. The van der Waals surface area contributed by atoms with Gasteiger partial charge in [-0.1, -0.05) is 0 Å². The van der Waals surface area contributed by atoms with Gasteiger partial charge >= 0.3 is 0 Å². The minimum absolute atomic E-state index is 0.113. The van der Waals surface area contributed by atoms with Crippen LogP contribution in [0.5, 0.6) is 0 Å². The van der Waals surface area contributed by atoms with Gasteiger partial charge in [0.15, 0.2) is 0 Å². The van der Waals surface area contributed by atoms with Crippen molar-refractivity contribution in [2.45, 2.75) is 33.6 Å². The lowest BCUT2D eigenvalue weighted by atomic mass is 10.2. The van der Waals surface area contributed by atoms with Crippen LogP contribution in [0.1, 0.15) is 28.7 Å². The number of rotatable bonds is 6. The molecule has 0 aromatic carbocycles. The topological polar surface area (TPSA) is 73.8 Å². The maximum atomic E-state index is 12.6. The van der Waals surface area contributed by atoms with Gasteiger partial charge in [-0.2, -0.15) is 15.3 Å². The number of aromatic nitrogens is 6. The summed E-state index contributed by atoms with van der Waals surface area (Å²) in [5.41, 5.74) is 2.41. The zero-order valence-electron chi connectivity index (χ0n) is 14.1. The molecule has 0 atom stereocenters. The predicted octanol–water partition coefficient (Wildman–Crippen LogP) is 1.38. The van der Waals surface area contributed by atoms with Crippen molar-refractivity contribution in [3.05, 3.63) is 53.9 Å². The molecule has 0 saturated carbocycles. The van der Waals surface area contributed by atoms with E-state index in [0.717, 1.165) is 17.8 Å². The Morgan fingerprint density at radius 1 is 1.21 bits per heavy atom. The van der Waals surface area contributed by atoms with Crippen molar-refractivity contribution in [1.82, 2.24) is 34.2 Å². The number of amides is 1. The van der Waals surface area contributed by atoms with Gasteiger partial charge in [-0.25, -0.2) is 0 Å². The lowest BCUT2D eigenvalue weighted by molar-refractivity contribution is 0.0778. The first-order valence-electron chi connectivity index (χ1n) is 7.86. The molecule has 0 N–H and O–H groups in total. The standard InChI is InChI=1S/C16H21N7O/c1-4-21-11-14(13(2)18-21)10-20(3)16(24)15-6-9-23(19-15)12-22-8-5-7-17-22/h5-9,11H,4,10,12H2,1-3H3. The summed E-state index contributed by atoms with van der Waals surface area (Å²) >= 11 is 0. The molecule has 0 unspecified atom stereocenters. The monoisotopic (exact) mass is 327 g/mol. The van der Waals surface area contributed by atoms with Gasteiger partial charge < -0.3 is 4.90 Å². The highest BCUT2D eigenvalue weighted by atomic mass is 16.2. The van der Waals surface area contributed by atoms with Crippen LogP contribution in [0.25, 0.3) is 0 Å². The van der Waals surface area contributed by atoms with Gasteiger partial charge in [-0.3, -0.25) is 18.8 Å². The second-order valence-electron chi connectivity index (χ2n) is 5.68. The van der Waals surface area contributed by atoms with Crippen LogP contribution in [0.3, 0.4) is 0 Å². The van der Waals surface area contributed by atoms with E-state index in [9.17, 15) is 4.79 Å². The molecule has 1 amide bonds. The molecule has 3 aromatic rings. The molecule has 3 aromatic heterocycles. The second-order valence-corrected chi connectivity index (χ2v) is 5.68. The van der Waals surface area contributed by atoms with Crippen LogP contribution in [-0.4, -0.2) is 47.2 Å². The third kappa shape index (κ3) is 3.37. The third-order valence-electron chi connectivity index (χ3n) is 3.83. The minimum Gasteiger partial charge on any atom is -0.336 e. The average Bonchev–Trinajstić information content (AvgIpc) is 3.30. The summed E-state index contributed by atoms with van der Waals surface area (Å²) in [6, 6.07) is 3.58. The summed E-state index contributed by atoms with van der Waals surface area (Å²) in [7, 11) is 1.78. The zero-order chi connectivity index (χ0) is 17.1. The quantitative estimate of drug-likeness (QED) is 0.685. The van der Waals surface area contributed by atoms with Crippen molar-refractivity contribution >= 4 is 5.91 Å². The highest BCUT2D eigenvalue weighted by Crippen LogP contribution is 2.11. The van der Waals surface area contributed by atoms with Crippen molar-refractivity contribution in [1.29, 1.82) is 0 Å². The summed E-state index contributed by atoms with van der Waals surface area (Å²) < 4.78 is 5.31. The predicted molar refractivity (Wildman–Crippen MR) is 88.3 cm³/mol. The van der Waals surface area contributed by atoms with Crippen LogP contribution < -0.4 is 0 Å². The molecule has 126 valence electrons. The van der Waals surface area contributed by atoms with Crippen LogP contribution in [0.4, 0.5) is 0 Å². The molecule has 24 heavy (non-hydrogen) atoms. The molecular formula is C16H21N7O. The molecule has 0 aliphatic rings. The van der Waals surface area contributed by atoms with Gasteiger partial charge in [0, 0.05) is 50.5 Å². The highest BCUT2D eigenvalue weighted by molar-refractivity contribution is 5.91. The molecule has 8 heteroatoms. The van der Waals surface area contributed by atoms with Gasteiger partial charge in [0.25, 0.3) is 5.91 Å². The first-order chi connectivity index (χ1) is 11.6. The van der Waals surface area contributed by atoms with E-state index >= 15 is 0 Å². The van der Waals surface area contributed by atoms with Crippen molar-refractivity contribution in [2.24, 2.45) is 0 Å². The third-order valence-corrected chi connectivity index (χ3v) is 3.83. The van der Waals surface area contributed by atoms with E-state index in [1.807, 2.05) is 37.0 Å². The Morgan fingerprint density at radius 3 is 2.71 bits per heavy atom. The zero-order valence-corrected chi connectivity index (χ0v) is 14.1. The Bertz CT molecular complexity index is 815. The SMILES string of the molecule is CCn1cc(CN(C)C(=O)c2ccn(Cn3cccn3)n2)c(C)n1. The molecule has 0 spiro atoms. The van der Waals surface area contributed by atoms with E-state index in [4.69, 9.17) is 0 Å². The van der Waals surface area contributed by atoms with E-state index < -0.39 is 0 Å². The van der Waals surface area contributed by atoms with E-state index in [1.165, 1.54) is 0 Å². The molecule has 3 rings (SSSR count). The maximum absolute atomic E-state index is 12.6. The number of hydrogen-bond donors (Lipinski definition) is 0. The second kappa shape index (κ2) is 6.69. The summed E-state index contributed by atoms with van der Waals surface area (Å²) in [5.74, 6) is -0.113. The Labute approximate surface area is 140 Å². The summed E-state index contributed by atoms with van der Waals surface area (Å²) in [6.07, 6.45) is 7.32. The molecule has 0 saturated heterocycles. The van der Waals surface area contributed by atoms with E-state index in [2.05, 4.69) is 15.3 Å². The summed E-state index contributed by atoms with van der Waals surface area (Å²) in [5, 5.41) is 12.9. The molecule has 8 nitrogen and oxygen atoms in total. The first-order valence-corrected chi connectivity index (χ1v) is 7.86. The van der Waals surface area contributed by atoms with E-state index in [1.54, 1.807) is 39.8 Å². The van der Waals surface area contributed by atoms with Gasteiger partial charge in [-0.05, 0) is 26.0 Å². The van der Waals surface area contributed by atoms with E-state index in [0.29, 0.717) is 18.9 Å². The number of aryl methyl sites for hydroxylation is 2. The Kier molecular flexibility index (Phi) is 4.45. The Hall–Kier alpha value is -2.90. The molecule has 3 heterocycles. The van der Waals surface area contributed by atoms with Crippen LogP contribution in [-0.2, 0) is 19.8 Å². The Morgan fingerprint density at radius 2 is 2.04 bits per heavy atom. The molecule has 0 aliphatic carbocycles. The number of hydrogen-bond acceptors (Lipinski definition) is 4. The fourth-order valence-electron chi connectivity index (χ4n) is 2.49. The van der Waals surface area contributed by atoms with Crippen molar-refractivity contribution < 1.29 is 4.79 Å². The fourth-order valence-corrected chi connectivity index (χ4v) is 2.49. The van der Waals surface area contributed by atoms with Crippen LogP contribution >= 0.6 is 0 Å². The normalized spacial score (nSPS) is 11.0. The molecule has 0 fully saturated rings. The lowest BCUT2D eigenvalue weighted by Gasteiger charge is -2.15.